The second kappa shape index (κ2) is 19.2. The van der Waals surface area contributed by atoms with E-state index < -0.39 is 5.97 Å². The average molecular weight is 523 g/mol. The summed E-state index contributed by atoms with van der Waals surface area (Å²) in [6.07, 6.45) is 11.3. The van der Waals surface area contributed by atoms with Crippen LogP contribution in [0.4, 0.5) is 11.4 Å². The Morgan fingerprint density at radius 1 is 0.658 bits per heavy atom. The molecule has 0 aromatic heterocycles. The standard InChI is InChI=1S/C30H38N2O6/c1-3-5-6-7-8-9-10-11-12-30(34)38-24-22-36-28-19-15-26(16-20-28)32-31-25-13-17-27(18-14-25)35-21-23-37-29(33)4-2/h3-4,13-20H,1-2,5-12,21-24H2. The van der Waals surface area contributed by atoms with Gasteiger partial charge in [0.05, 0.1) is 11.4 Å². The zero-order chi connectivity index (χ0) is 27.3. The van der Waals surface area contributed by atoms with Gasteiger partial charge < -0.3 is 18.9 Å². The number of nitrogens with zero attached hydrogens (tertiary/aromatic N) is 2. The molecule has 8 heteroatoms. The van der Waals surface area contributed by atoms with Crippen molar-refractivity contribution in [3.8, 4) is 11.5 Å². The minimum atomic E-state index is -0.479. The van der Waals surface area contributed by atoms with Crippen molar-refractivity contribution in [2.75, 3.05) is 26.4 Å². The van der Waals surface area contributed by atoms with Gasteiger partial charge in [-0.2, -0.15) is 10.2 Å². The minimum absolute atomic E-state index is 0.147. The van der Waals surface area contributed by atoms with Crippen molar-refractivity contribution in [2.45, 2.75) is 51.4 Å². The number of carbonyl (C=O) groups is 2. The van der Waals surface area contributed by atoms with Crippen molar-refractivity contribution in [1.82, 2.24) is 0 Å². The van der Waals surface area contributed by atoms with Gasteiger partial charge in [0.25, 0.3) is 0 Å². The van der Waals surface area contributed by atoms with Gasteiger partial charge in [-0.3, -0.25) is 4.79 Å². The van der Waals surface area contributed by atoms with Crippen LogP contribution in [0.5, 0.6) is 11.5 Å². The summed E-state index contributed by atoms with van der Waals surface area (Å²) in [6, 6.07) is 14.3. The fraction of sp³-hybridized carbons (Fsp3) is 0.400. The zero-order valence-corrected chi connectivity index (χ0v) is 22.0. The fourth-order valence-corrected chi connectivity index (χ4v) is 3.35. The maximum atomic E-state index is 11.8. The molecule has 2 aromatic rings. The number of allylic oxidation sites excluding steroid dienone is 1. The SMILES string of the molecule is C=CCCCCCCCCC(=O)OCCOc1ccc(N=Nc2ccc(OCCOC(=O)C=C)cc2)cc1. The predicted molar refractivity (Wildman–Crippen MR) is 147 cm³/mol. The summed E-state index contributed by atoms with van der Waals surface area (Å²) in [7, 11) is 0. The van der Waals surface area contributed by atoms with Crippen molar-refractivity contribution < 1.29 is 28.5 Å². The third-order valence-electron chi connectivity index (χ3n) is 5.37. The Balaban J connectivity index is 1.58. The van der Waals surface area contributed by atoms with Crippen LogP contribution in [-0.2, 0) is 19.1 Å². The summed E-state index contributed by atoms with van der Waals surface area (Å²) in [5.41, 5.74) is 1.34. The van der Waals surface area contributed by atoms with Crippen LogP contribution >= 0.6 is 0 Å². The maximum Gasteiger partial charge on any atom is 0.330 e. The molecule has 0 aliphatic heterocycles. The van der Waals surface area contributed by atoms with Crippen LogP contribution < -0.4 is 9.47 Å². The van der Waals surface area contributed by atoms with Crippen molar-refractivity contribution in [2.24, 2.45) is 10.2 Å². The molecule has 0 saturated carbocycles. The van der Waals surface area contributed by atoms with Crippen LogP contribution in [0.2, 0.25) is 0 Å². The van der Waals surface area contributed by atoms with Crippen LogP contribution in [0.15, 0.2) is 84.1 Å². The third-order valence-corrected chi connectivity index (χ3v) is 5.37. The summed E-state index contributed by atoms with van der Waals surface area (Å²) in [4.78, 5) is 22.8. The Hall–Kier alpha value is -3.94. The molecule has 0 unspecified atom stereocenters. The highest BCUT2D eigenvalue weighted by molar-refractivity contribution is 5.81. The molecule has 0 aliphatic rings. The van der Waals surface area contributed by atoms with Gasteiger partial charge in [0.2, 0.25) is 0 Å². The molecular formula is C30H38N2O6. The smallest absolute Gasteiger partial charge is 0.330 e. The molecule has 8 nitrogen and oxygen atoms in total. The van der Waals surface area contributed by atoms with E-state index in [1.807, 2.05) is 6.08 Å². The van der Waals surface area contributed by atoms with Gasteiger partial charge >= 0.3 is 11.9 Å². The highest BCUT2D eigenvalue weighted by atomic mass is 16.6. The van der Waals surface area contributed by atoms with Crippen molar-refractivity contribution >= 4 is 23.3 Å². The zero-order valence-electron chi connectivity index (χ0n) is 22.0. The molecule has 0 amide bonds. The number of hydrogen-bond acceptors (Lipinski definition) is 8. The molecule has 0 aliphatic carbocycles. The topological polar surface area (TPSA) is 95.8 Å². The number of unbranched alkanes of at least 4 members (excludes halogenated alkanes) is 6. The first-order valence-corrected chi connectivity index (χ1v) is 13.0. The molecule has 0 spiro atoms. The van der Waals surface area contributed by atoms with E-state index in [1.54, 1.807) is 48.5 Å². The molecule has 0 fully saturated rings. The van der Waals surface area contributed by atoms with Crippen LogP contribution in [0.3, 0.4) is 0 Å². The van der Waals surface area contributed by atoms with Crippen LogP contribution in [0.1, 0.15) is 51.4 Å². The normalized spacial score (nSPS) is 10.6. The first-order valence-electron chi connectivity index (χ1n) is 13.0. The van der Waals surface area contributed by atoms with Gasteiger partial charge in [0.15, 0.2) is 0 Å². The van der Waals surface area contributed by atoms with Crippen LogP contribution in [0, 0.1) is 0 Å². The van der Waals surface area contributed by atoms with Gasteiger partial charge in [-0.15, -0.1) is 6.58 Å². The second-order valence-electron chi connectivity index (χ2n) is 8.43. The predicted octanol–water partition coefficient (Wildman–Crippen LogP) is 7.44. The monoisotopic (exact) mass is 522 g/mol. The van der Waals surface area contributed by atoms with Crippen molar-refractivity contribution in [3.63, 3.8) is 0 Å². The number of azo groups is 1. The lowest BCUT2D eigenvalue weighted by Crippen LogP contribution is -2.11. The molecule has 204 valence electrons. The molecule has 0 N–H and O–H groups in total. The van der Waals surface area contributed by atoms with Gasteiger partial charge in [0, 0.05) is 12.5 Å². The molecule has 0 saturated heterocycles. The molecule has 0 bridgehead atoms. The number of rotatable bonds is 20. The number of hydrogen-bond donors (Lipinski definition) is 0. The second-order valence-corrected chi connectivity index (χ2v) is 8.43. The van der Waals surface area contributed by atoms with Gasteiger partial charge in [-0.05, 0) is 67.8 Å². The number of esters is 2. The lowest BCUT2D eigenvalue weighted by atomic mass is 10.1. The van der Waals surface area contributed by atoms with Crippen LogP contribution in [0.25, 0.3) is 0 Å². The molecule has 0 atom stereocenters. The summed E-state index contributed by atoms with van der Waals surface area (Å²) >= 11 is 0. The number of benzene rings is 2. The highest BCUT2D eigenvalue weighted by Crippen LogP contribution is 2.23. The third kappa shape index (κ3) is 14.0. The Bertz CT molecular complexity index is 1000. The van der Waals surface area contributed by atoms with Crippen molar-refractivity contribution in [1.29, 1.82) is 0 Å². The van der Waals surface area contributed by atoms with Gasteiger partial charge in [-0.25, -0.2) is 4.79 Å². The maximum absolute atomic E-state index is 11.8. The van der Waals surface area contributed by atoms with E-state index in [-0.39, 0.29) is 25.8 Å². The molecule has 0 radical (unpaired) electrons. The lowest BCUT2D eigenvalue weighted by molar-refractivity contribution is -0.144. The summed E-state index contributed by atoms with van der Waals surface area (Å²) < 4.78 is 21.2. The molecule has 38 heavy (non-hydrogen) atoms. The van der Waals surface area contributed by atoms with E-state index in [2.05, 4.69) is 23.4 Å². The first-order chi connectivity index (χ1) is 18.6. The van der Waals surface area contributed by atoms with E-state index >= 15 is 0 Å². The Morgan fingerprint density at radius 2 is 1.16 bits per heavy atom. The number of ether oxygens (including phenoxy) is 4. The first kappa shape index (κ1) is 30.3. The Morgan fingerprint density at radius 3 is 1.68 bits per heavy atom. The van der Waals surface area contributed by atoms with Crippen LogP contribution in [-0.4, -0.2) is 38.4 Å². The summed E-state index contributed by atoms with van der Waals surface area (Å²) in [5.74, 6) is 0.643. The Labute approximate surface area is 225 Å². The molecule has 0 heterocycles. The van der Waals surface area contributed by atoms with E-state index in [1.165, 1.54) is 19.3 Å². The largest absolute Gasteiger partial charge is 0.490 e. The molecular weight excluding hydrogens is 484 g/mol. The Kier molecular flexibility index (Phi) is 15.3. The highest BCUT2D eigenvalue weighted by Gasteiger charge is 2.03. The van der Waals surface area contributed by atoms with Gasteiger partial charge in [0.1, 0.15) is 37.9 Å². The van der Waals surface area contributed by atoms with Gasteiger partial charge in [-0.1, -0.05) is 38.3 Å². The molecule has 2 aromatic carbocycles. The van der Waals surface area contributed by atoms with E-state index in [0.29, 0.717) is 35.9 Å². The summed E-state index contributed by atoms with van der Waals surface area (Å²) in [5, 5.41) is 8.43. The van der Waals surface area contributed by atoms with E-state index in [4.69, 9.17) is 18.9 Å². The van der Waals surface area contributed by atoms with E-state index in [0.717, 1.165) is 31.8 Å². The average Bonchev–Trinajstić information content (AvgIpc) is 2.95. The van der Waals surface area contributed by atoms with E-state index in [9.17, 15) is 9.59 Å². The van der Waals surface area contributed by atoms with Crippen molar-refractivity contribution in [3.05, 3.63) is 73.8 Å². The fourth-order valence-electron chi connectivity index (χ4n) is 3.35. The molecule has 2 rings (SSSR count). The number of carbonyl (C=O) groups excluding carboxylic acids is 2. The quantitative estimate of drug-likeness (QED) is 0.0589. The summed E-state index contributed by atoms with van der Waals surface area (Å²) in [6.45, 7) is 7.97. The lowest BCUT2D eigenvalue weighted by Gasteiger charge is -2.07. The minimum Gasteiger partial charge on any atom is -0.490 e.